The van der Waals surface area contributed by atoms with E-state index in [1.807, 2.05) is 4.90 Å². The highest BCUT2D eigenvalue weighted by atomic mass is 16.2. The molecule has 130 valence electrons. The van der Waals surface area contributed by atoms with Crippen molar-refractivity contribution in [1.82, 2.24) is 23.6 Å². The van der Waals surface area contributed by atoms with E-state index < -0.39 is 11.2 Å². The zero-order valence-electron chi connectivity index (χ0n) is 14.5. The molecular weight excluding hydrogens is 310 g/mol. The van der Waals surface area contributed by atoms with Gasteiger partial charge in [-0.3, -0.25) is 18.7 Å². The fraction of sp³-hybridized carbons (Fsp3) is 0.625. The zero-order chi connectivity index (χ0) is 17.6. The Balaban J connectivity index is 1.95. The SMILES string of the molecule is C[C@@H]1C[C@@H](C)CN(C(=O)Cn2cnc3c2c(=O)n(C)c(=O)n3C)C1. The summed E-state index contributed by atoms with van der Waals surface area (Å²) in [5, 5.41) is 0. The van der Waals surface area contributed by atoms with Crippen LogP contribution in [-0.2, 0) is 25.4 Å². The number of rotatable bonds is 2. The van der Waals surface area contributed by atoms with Gasteiger partial charge >= 0.3 is 5.69 Å². The number of aromatic nitrogens is 4. The molecule has 0 aromatic carbocycles. The van der Waals surface area contributed by atoms with Crippen molar-refractivity contribution in [3.8, 4) is 0 Å². The van der Waals surface area contributed by atoms with E-state index in [4.69, 9.17) is 0 Å². The Bertz CT molecular complexity index is 897. The second-order valence-electron chi connectivity index (χ2n) is 7.00. The average Bonchev–Trinajstić information content (AvgIpc) is 2.93. The maximum atomic E-state index is 12.6. The summed E-state index contributed by atoms with van der Waals surface area (Å²) in [6, 6.07) is 0. The molecule has 1 aliphatic rings. The molecule has 2 atom stereocenters. The summed E-state index contributed by atoms with van der Waals surface area (Å²) in [5.41, 5.74) is -0.274. The maximum absolute atomic E-state index is 12.6. The molecule has 8 heteroatoms. The summed E-state index contributed by atoms with van der Waals surface area (Å²) in [6.45, 7) is 5.84. The molecule has 3 rings (SSSR count). The third-order valence-electron chi connectivity index (χ3n) is 4.74. The number of carbonyl (C=O) groups is 1. The van der Waals surface area contributed by atoms with Crippen molar-refractivity contribution in [3.63, 3.8) is 0 Å². The third kappa shape index (κ3) is 2.65. The summed E-state index contributed by atoms with van der Waals surface area (Å²) in [7, 11) is 2.99. The first-order chi connectivity index (χ1) is 11.3. The minimum absolute atomic E-state index is 0.0244. The first kappa shape index (κ1) is 16.5. The predicted molar refractivity (Wildman–Crippen MR) is 89.7 cm³/mol. The normalized spacial score (nSPS) is 21.4. The number of nitrogens with zero attached hydrogens (tertiary/aromatic N) is 5. The Morgan fingerprint density at radius 1 is 1.17 bits per heavy atom. The van der Waals surface area contributed by atoms with E-state index in [-0.39, 0.29) is 18.0 Å². The smallest absolute Gasteiger partial charge is 0.332 e. The minimum atomic E-state index is -0.432. The molecule has 0 saturated carbocycles. The molecule has 24 heavy (non-hydrogen) atoms. The number of hydrogen-bond acceptors (Lipinski definition) is 4. The molecule has 1 saturated heterocycles. The van der Waals surface area contributed by atoms with Gasteiger partial charge in [-0.15, -0.1) is 0 Å². The maximum Gasteiger partial charge on any atom is 0.332 e. The summed E-state index contributed by atoms with van der Waals surface area (Å²) in [5.74, 6) is 0.931. The van der Waals surface area contributed by atoms with Crippen molar-refractivity contribution in [3.05, 3.63) is 27.2 Å². The average molecular weight is 333 g/mol. The summed E-state index contributed by atoms with van der Waals surface area (Å²) >= 11 is 0. The van der Waals surface area contributed by atoms with Crippen molar-refractivity contribution in [1.29, 1.82) is 0 Å². The van der Waals surface area contributed by atoms with Gasteiger partial charge in [0.25, 0.3) is 5.56 Å². The van der Waals surface area contributed by atoms with Crippen molar-refractivity contribution in [2.75, 3.05) is 13.1 Å². The fourth-order valence-corrected chi connectivity index (χ4v) is 3.63. The first-order valence-electron chi connectivity index (χ1n) is 8.18. The number of carbonyl (C=O) groups excluding carboxylic acids is 1. The van der Waals surface area contributed by atoms with E-state index in [0.717, 1.165) is 24.1 Å². The standard InChI is InChI=1S/C16H23N5O3/c1-10-5-11(2)7-20(6-10)12(22)8-21-9-17-14-13(21)15(23)19(4)16(24)18(14)3/h9-11H,5-8H2,1-4H3/t10-,11-/m1/s1. The fourth-order valence-electron chi connectivity index (χ4n) is 3.63. The highest BCUT2D eigenvalue weighted by Crippen LogP contribution is 2.21. The lowest BCUT2D eigenvalue weighted by atomic mass is 9.92. The van der Waals surface area contributed by atoms with Crippen LogP contribution in [0.1, 0.15) is 20.3 Å². The van der Waals surface area contributed by atoms with E-state index in [1.54, 1.807) is 11.6 Å². The summed E-state index contributed by atoms with van der Waals surface area (Å²) < 4.78 is 3.90. The van der Waals surface area contributed by atoms with Crippen LogP contribution in [0.5, 0.6) is 0 Å². The van der Waals surface area contributed by atoms with Gasteiger partial charge in [0, 0.05) is 27.2 Å². The molecule has 2 aromatic heterocycles. The van der Waals surface area contributed by atoms with Gasteiger partial charge in [0.15, 0.2) is 11.2 Å². The minimum Gasteiger partial charge on any atom is -0.341 e. The van der Waals surface area contributed by atoms with Crippen molar-refractivity contribution < 1.29 is 4.79 Å². The molecule has 0 radical (unpaired) electrons. The molecule has 3 heterocycles. The van der Waals surface area contributed by atoms with Gasteiger partial charge in [0.1, 0.15) is 6.54 Å². The first-order valence-corrected chi connectivity index (χ1v) is 8.18. The number of amides is 1. The zero-order valence-corrected chi connectivity index (χ0v) is 14.5. The largest absolute Gasteiger partial charge is 0.341 e. The van der Waals surface area contributed by atoms with Crippen LogP contribution in [0.2, 0.25) is 0 Å². The lowest BCUT2D eigenvalue weighted by Gasteiger charge is -2.35. The molecule has 0 aliphatic carbocycles. The van der Waals surface area contributed by atoms with Gasteiger partial charge in [0.05, 0.1) is 6.33 Å². The Morgan fingerprint density at radius 3 is 2.42 bits per heavy atom. The van der Waals surface area contributed by atoms with Crippen molar-refractivity contribution in [2.24, 2.45) is 25.9 Å². The lowest BCUT2D eigenvalue weighted by molar-refractivity contribution is -0.134. The monoisotopic (exact) mass is 333 g/mol. The molecule has 1 fully saturated rings. The molecule has 0 spiro atoms. The van der Waals surface area contributed by atoms with Gasteiger partial charge in [-0.25, -0.2) is 9.78 Å². The van der Waals surface area contributed by atoms with Gasteiger partial charge in [-0.2, -0.15) is 0 Å². The third-order valence-corrected chi connectivity index (χ3v) is 4.74. The topological polar surface area (TPSA) is 82.1 Å². The van der Waals surface area contributed by atoms with Crippen LogP contribution in [0.15, 0.2) is 15.9 Å². The quantitative estimate of drug-likeness (QED) is 0.771. The highest BCUT2D eigenvalue weighted by Gasteiger charge is 2.26. The van der Waals surface area contributed by atoms with Gasteiger partial charge in [0.2, 0.25) is 5.91 Å². The van der Waals surface area contributed by atoms with Crippen molar-refractivity contribution >= 4 is 17.1 Å². The Morgan fingerprint density at radius 2 is 1.79 bits per heavy atom. The van der Waals surface area contributed by atoms with E-state index in [9.17, 15) is 14.4 Å². The molecule has 1 amide bonds. The second kappa shape index (κ2) is 5.92. The number of aryl methyl sites for hydroxylation is 1. The molecule has 8 nitrogen and oxygen atoms in total. The van der Waals surface area contributed by atoms with Crippen LogP contribution in [0.3, 0.4) is 0 Å². The van der Waals surface area contributed by atoms with Gasteiger partial charge in [-0.1, -0.05) is 13.8 Å². The van der Waals surface area contributed by atoms with Crippen LogP contribution >= 0.6 is 0 Å². The molecule has 1 aliphatic heterocycles. The molecule has 2 aromatic rings. The number of fused-ring (bicyclic) bond motifs is 1. The van der Waals surface area contributed by atoms with Crippen molar-refractivity contribution in [2.45, 2.75) is 26.8 Å². The Labute approximate surface area is 139 Å². The van der Waals surface area contributed by atoms with E-state index in [1.165, 1.54) is 17.9 Å². The number of likely N-dealkylation sites (tertiary alicyclic amines) is 1. The van der Waals surface area contributed by atoms with E-state index in [2.05, 4.69) is 18.8 Å². The summed E-state index contributed by atoms with van der Waals surface area (Å²) in [4.78, 5) is 43.0. The van der Waals surface area contributed by atoms with Crippen LogP contribution in [0.4, 0.5) is 0 Å². The Hall–Kier alpha value is -2.38. The van der Waals surface area contributed by atoms with Crippen LogP contribution in [0.25, 0.3) is 11.2 Å². The van der Waals surface area contributed by atoms with E-state index >= 15 is 0 Å². The highest BCUT2D eigenvalue weighted by molar-refractivity contribution is 5.79. The van der Waals surface area contributed by atoms with Crippen LogP contribution in [0, 0.1) is 11.8 Å². The van der Waals surface area contributed by atoms with E-state index in [0.29, 0.717) is 17.5 Å². The number of hydrogen-bond donors (Lipinski definition) is 0. The Kier molecular flexibility index (Phi) is 4.06. The summed E-state index contributed by atoms with van der Waals surface area (Å²) in [6.07, 6.45) is 2.58. The number of imidazole rings is 1. The molecule has 0 bridgehead atoms. The number of piperidine rings is 1. The predicted octanol–water partition coefficient (Wildman–Crippen LogP) is -0.0618. The van der Waals surface area contributed by atoms with Gasteiger partial charge in [-0.05, 0) is 18.3 Å². The second-order valence-corrected chi connectivity index (χ2v) is 7.00. The van der Waals surface area contributed by atoms with Crippen LogP contribution < -0.4 is 11.2 Å². The molecule has 0 N–H and O–H groups in total. The van der Waals surface area contributed by atoms with Crippen LogP contribution in [-0.4, -0.2) is 42.6 Å². The molecular formula is C16H23N5O3. The van der Waals surface area contributed by atoms with Gasteiger partial charge < -0.3 is 9.47 Å². The molecule has 0 unspecified atom stereocenters. The lowest BCUT2D eigenvalue weighted by Crippen LogP contribution is -2.44.